The van der Waals surface area contributed by atoms with Crippen molar-refractivity contribution in [3.8, 4) is 0 Å². The molecule has 0 amide bonds. The summed E-state index contributed by atoms with van der Waals surface area (Å²) in [6.45, 7) is 9.67. The molecule has 0 radical (unpaired) electrons. The van der Waals surface area contributed by atoms with E-state index in [1.54, 1.807) is 37.3 Å². The highest BCUT2D eigenvalue weighted by atomic mass is 32.1. The number of rotatable bonds is 5. The zero-order chi connectivity index (χ0) is 17.6. The molecule has 2 nitrogen and oxygen atoms in total. The van der Waals surface area contributed by atoms with Gasteiger partial charge in [-0.2, -0.15) is 0 Å². The van der Waals surface area contributed by atoms with Crippen molar-refractivity contribution in [3.05, 3.63) is 62.2 Å². The number of halogens is 1. The minimum Gasteiger partial charge on any atom is -0.466 e. The minimum atomic E-state index is -0.452. The van der Waals surface area contributed by atoms with Gasteiger partial charge in [-0.1, -0.05) is 18.2 Å². The van der Waals surface area contributed by atoms with E-state index in [1.807, 2.05) is 6.08 Å². The zero-order valence-electron chi connectivity index (χ0n) is 14.5. The van der Waals surface area contributed by atoms with Gasteiger partial charge in [-0.3, -0.25) is 0 Å². The Balaban J connectivity index is 2.91. The molecule has 0 bridgehead atoms. The maximum atomic E-state index is 14.1. The van der Waals surface area contributed by atoms with Crippen LogP contribution in [0.3, 0.4) is 0 Å². The number of carbonyl (C=O) groups is 1. The number of aryl methyl sites for hydroxylation is 2. The predicted molar refractivity (Wildman–Crippen MR) is 96.3 cm³/mol. The van der Waals surface area contributed by atoms with Gasteiger partial charge in [0.15, 0.2) is 0 Å². The number of allylic oxidation sites excluding steroid dienone is 6. The predicted octanol–water partition coefficient (Wildman–Crippen LogP) is 5.61. The summed E-state index contributed by atoms with van der Waals surface area (Å²) in [5.41, 5.74) is 3.56. The molecule has 0 aliphatic heterocycles. The molecule has 124 valence electrons. The molecule has 1 heterocycles. The van der Waals surface area contributed by atoms with Gasteiger partial charge >= 0.3 is 5.97 Å². The summed E-state index contributed by atoms with van der Waals surface area (Å²) in [4.78, 5) is 13.6. The number of hydrogen-bond donors (Lipinski definition) is 0. The van der Waals surface area contributed by atoms with Gasteiger partial charge in [0.05, 0.1) is 7.11 Å². The molecule has 0 aromatic carbocycles. The first-order valence-corrected chi connectivity index (χ1v) is 8.13. The highest BCUT2D eigenvalue weighted by molar-refractivity contribution is 7.12. The fourth-order valence-electron chi connectivity index (χ4n) is 1.97. The molecule has 4 heteroatoms. The number of carbonyl (C=O) groups excluding carboxylic acids is 1. The Hall–Kier alpha value is -1.94. The fraction of sp³-hybridized carbons (Fsp3) is 0.316. The van der Waals surface area contributed by atoms with Gasteiger partial charge in [-0.05, 0) is 63.0 Å². The van der Waals surface area contributed by atoms with Crippen LogP contribution in [0.5, 0.6) is 0 Å². The van der Waals surface area contributed by atoms with E-state index in [9.17, 15) is 9.18 Å². The van der Waals surface area contributed by atoms with Crippen LogP contribution >= 0.6 is 11.3 Å². The SMILES string of the molecule is COC(=O)/C=C(C)/C=C/C(F)=C(C)/C=C/c1c(C)sc(C)c1C. The van der Waals surface area contributed by atoms with Crippen LogP contribution in [-0.4, -0.2) is 13.1 Å². The summed E-state index contributed by atoms with van der Waals surface area (Å²) >= 11 is 1.75. The van der Waals surface area contributed by atoms with Crippen LogP contribution in [0.25, 0.3) is 6.08 Å². The van der Waals surface area contributed by atoms with Crippen LogP contribution < -0.4 is 0 Å². The maximum absolute atomic E-state index is 14.1. The van der Waals surface area contributed by atoms with E-state index < -0.39 is 5.97 Å². The smallest absolute Gasteiger partial charge is 0.330 e. The topological polar surface area (TPSA) is 26.3 Å². The lowest BCUT2D eigenvalue weighted by atomic mass is 10.1. The average molecular weight is 334 g/mol. The number of methoxy groups -OCH3 is 1. The molecule has 0 saturated carbocycles. The van der Waals surface area contributed by atoms with Crippen LogP contribution in [0.1, 0.15) is 34.7 Å². The standard InChI is InChI=1S/C19H23FO2S/c1-12(11-19(21)22-6)7-10-18(20)13(2)8-9-17-14(3)15(4)23-16(17)5/h7-11H,1-6H3/b9-8+,10-7+,12-11+,18-13-. The van der Waals surface area contributed by atoms with Gasteiger partial charge in [-0.25, -0.2) is 9.18 Å². The summed E-state index contributed by atoms with van der Waals surface area (Å²) in [6.07, 6.45) is 7.95. The third kappa shape index (κ3) is 5.64. The van der Waals surface area contributed by atoms with E-state index in [0.717, 1.165) is 5.56 Å². The molecule has 1 aromatic heterocycles. The lowest BCUT2D eigenvalue weighted by Crippen LogP contribution is -1.94. The third-order valence-electron chi connectivity index (χ3n) is 3.53. The molecule has 0 atom stereocenters. The van der Waals surface area contributed by atoms with E-state index >= 15 is 0 Å². The molecule has 1 aromatic rings. The number of esters is 1. The van der Waals surface area contributed by atoms with Crippen molar-refractivity contribution >= 4 is 23.4 Å². The third-order valence-corrected chi connectivity index (χ3v) is 4.67. The molecule has 0 fully saturated rings. The Bertz CT molecular complexity index is 703. The molecule has 0 unspecified atom stereocenters. The van der Waals surface area contributed by atoms with Gasteiger partial charge in [0, 0.05) is 15.8 Å². The fourth-order valence-corrected chi connectivity index (χ4v) is 3.03. The van der Waals surface area contributed by atoms with Gasteiger partial charge in [0.2, 0.25) is 0 Å². The lowest BCUT2D eigenvalue weighted by Gasteiger charge is -1.97. The first-order chi connectivity index (χ1) is 10.8. The van der Waals surface area contributed by atoms with Crippen molar-refractivity contribution in [1.29, 1.82) is 0 Å². The Morgan fingerprint density at radius 3 is 2.26 bits per heavy atom. The van der Waals surface area contributed by atoms with Crippen LogP contribution in [0.4, 0.5) is 4.39 Å². The number of hydrogen-bond acceptors (Lipinski definition) is 3. The molecule has 1 rings (SSSR count). The first kappa shape index (κ1) is 19.1. The molecule has 0 aliphatic carbocycles. The van der Waals surface area contributed by atoms with Crippen LogP contribution in [0, 0.1) is 20.8 Å². The van der Waals surface area contributed by atoms with Crippen molar-refractivity contribution in [2.75, 3.05) is 7.11 Å². The Kier molecular flexibility index (Phi) is 7.17. The molecule has 0 N–H and O–H groups in total. The molecule has 0 spiro atoms. The van der Waals surface area contributed by atoms with Crippen molar-refractivity contribution in [1.82, 2.24) is 0 Å². The summed E-state index contributed by atoms with van der Waals surface area (Å²) in [5, 5.41) is 0. The largest absolute Gasteiger partial charge is 0.466 e. The highest BCUT2D eigenvalue weighted by Crippen LogP contribution is 2.28. The zero-order valence-corrected chi connectivity index (χ0v) is 15.3. The van der Waals surface area contributed by atoms with Crippen LogP contribution in [0.15, 0.2) is 41.3 Å². The van der Waals surface area contributed by atoms with Gasteiger partial charge in [0.1, 0.15) is 5.83 Å². The second-order valence-corrected chi connectivity index (χ2v) is 6.79. The first-order valence-electron chi connectivity index (χ1n) is 7.31. The Labute approximate surface area is 141 Å². The van der Waals surface area contributed by atoms with E-state index in [0.29, 0.717) is 11.1 Å². The number of ether oxygens (including phenoxy) is 1. The molecule has 23 heavy (non-hydrogen) atoms. The van der Waals surface area contributed by atoms with Crippen molar-refractivity contribution in [2.24, 2.45) is 0 Å². The van der Waals surface area contributed by atoms with E-state index in [-0.39, 0.29) is 5.83 Å². The van der Waals surface area contributed by atoms with Gasteiger partial charge in [-0.15, -0.1) is 11.3 Å². The summed E-state index contributed by atoms with van der Waals surface area (Å²) in [6, 6.07) is 0. The van der Waals surface area contributed by atoms with E-state index in [1.165, 1.54) is 34.6 Å². The number of thiophene rings is 1. The van der Waals surface area contributed by atoms with Crippen molar-refractivity contribution in [2.45, 2.75) is 34.6 Å². The van der Waals surface area contributed by atoms with Crippen molar-refractivity contribution < 1.29 is 13.9 Å². The quantitative estimate of drug-likeness (QED) is 0.398. The highest BCUT2D eigenvalue weighted by Gasteiger charge is 2.06. The molecule has 0 saturated heterocycles. The lowest BCUT2D eigenvalue weighted by molar-refractivity contribution is -0.134. The molecular weight excluding hydrogens is 311 g/mol. The Morgan fingerprint density at radius 1 is 1.09 bits per heavy atom. The second kappa shape index (κ2) is 8.63. The monoisotopic (exact) mass is 334 g/mol. The molecular formula is C19H23FO2S. The van der Waals surface area contributed by atoms with Crippen molar-refractivity contribution in [3.63, 3.8) is 0 Å². The minimum absolute atomic E-state index is 0.332. The summed E-state index contributed by atoms with van der Waals surface area (Å²) < 4.78 is 18.6. The van der Waals surface area contributed by atoms with Crippen LogP contribution in [0.2, 0.25) is 0 Å². The normalized spacial score (nSPS) is 13.8. The average Bonchev–Trinajstić information content (AvgIpc) is 2.75. The molecule has 0 aliphatic rings. The van der Waals surface area contributed by atoms with Crippen LogP contribution in [-0.2, 0) is 9.53 Å². The van der Waals surface area contributed by atoms with E-state index in [2.05, 4.69) is 25.5 Å². The Morgan fingerprint density at radius 2 is 1.74 bits per heavy atom. The summed E-state index contributed by atoms with van der Waals surface area (Å²) in [7, 11) is 1.31. The maximum Gasteiger partial charge on any atom is 0.330 e. The van der Waals surface area contributed by atoms with Gasteiger partial charge < -0.3 is 4.74 Å². The summed E-state index contributed by atoms with van der Waals surface area (Å²) in [5.74, 6) is -0.784. The second-order valence-electron chi connectivity index (χ2n) is 5.36. The van der Waals surface area contributed by atoms with Gasteiger partial charge in [0.25, 0.3) is 0 Å². The van der Waals surface area contributed by atoms with E-state index in [4.69, 9.17) is 0 Å².